The second-order valence-electron chi connectivity index (χ2n) is 6.97. The second-order valence-corrected chi connectivity index (χ2v) is 6.97. The maximum absolute atomic E-state index is 13.3. The number of carbonyl (C=O) groups excluding carboxylic acids is 1. The average Bonchev–Trinajstić information content (AvgIpc) is 3.26. The molecule has 0 aromatic heterocycles. The number of hydrogen-bond acceptors (Lipinski definition) is 3. The molecule has 3 heteroatoms. The van der Waals surface area contributed by atoms with Crippen LogP contribution in [0.15, 0.2) is 30.0 Å². The van der Waals surface area contributed by atoms with Crippen LogP contribution in [0.25, 0.3) is 5.57 Å². The van der Waals surface area contributed by atoms with E-state index < -0.39 is 0 Å². The highest BCUT2D eigenvalue weighted by Crippen LogP contribution is 2.52. The van der Waals surface area contributed by atoms with E-state index in [1.54, 1.807) is 7.11 Å². The lowest BCUT2D eigenvalue weighted by Gasteiger charge is -2.19. The molecule has 3 nitrogen and oxygen atoms in total. The smallest absolute Gasteiger partial charge is 0.173 e. The van der Waals surface area contributed by atoms with Gasteiger partial charge in [0.15, 0.2) is 5.78 Å². The monoisotopic (exact) mass is 324 g/mol. The zero-order valence-electron chi connectivity index (χ0n) is 14.8. The van der Waals surface area contributed by atoms with E-state index in [-0.39, 0.29) is 29.8 Å². The number of fused-ring (bicyclic) bond motifs is 5. The maximum atomic E-state index is 13.3. The largest absolute Gasteiger partial charge is 0.500 e. The minimum atomic E-state index is -0.110. The molecule has 1 aromatic carbocycles. The molecule has 1 fully saturated rings. The Hall–Kier alpha value is -1.87. The van der Waals surface area contributed by atoms with Gasteiger partial charge in [0.05, 0.1) is 36.7 Å². The summed E-state index contributed by atoms with van der Waals surface area (Å²) in [5.41, 5.74) is 5.66. The summed E-state index contributed by atoms with van der Waals surface area (Å²) in [4.78, 5) is 13.3. The second kappa shape index (κ2) is 5.59. The molecular formula is C21H24O3. The van der Waals surface area contributed by atoms with Gasteiger partial charge in [0, 0.05) is 0 Å². The fourth-order valence-electron chi connectivity index (χ4n) is 4.69. The fourth-order valence-corrected chi connectivity index (χ4v) is 4.69. The van der Waals surface area contributed by atoms with Gasteiger partial charge < -0.3 is 9.47 Å². The van der Waals surface area contributed by atoms with Crippen LogP contribution in [0.3, 0.4) is 0 Å². The maximum Gasteiger partial charge on any atom is 0.173 e. The zero-order valence-corrected chi connectivity index (χ0v) is 14.8. The van der Waals surface area contributed by atoms with Crippen molar-refractivity contribution < 1.29 is 14.3 Å². The summed E-state index contributed by atoms with van der Waals surface area (Å²) in [5.74, 6) is 0.959. The highest BCUT2D eigenvalue weighted by Gasteiger charge is 2.57. The first kappa shape index (κ1) is 15.6. The van der Waals surface area contributed by atoms with Crippen LogP contribution < -0.4 is 0 Å². The van der Waals surface area contributed by atoms with Crippen LogP contribution in [0.2, 0.25) is 0 Å². The first-order valence-corrected chi connectivity index (χ1v) is 8.89. The lowest BCUT2D eigenvalue weighted by molar-refractivity contribution is -0.118. The predicted octanol–water partition coefficient (Wildman–Crippen LogP) is 3.63. The summed E-state index contributed by atoms with van der Waals surface area (Å²) in [7, 11) is 1.69. The van der Waals surface area contributed by atoms with Crippen LogP contribution in [-0.2, 0) is 27.1 Å². The average molecular weight is 324 g/mol. The molecule has 2 unspecified atom stereocenters. The Morgan fingerprint density at radius 2 is 1.62 bits per heavy atom. The van der Waals surface area contributed by atoms with Crippen molar-refractivity contribution in [3.63, 3.8) is 0 Å². The molecule has 0 saturated carbocycles. The van der Waals surface area contributed by atoms with Crippen molar-refractivity contribution >= 4 is 11.4 Å². The number of carbonyl (C=O) groups is 1. The number of Topliss-reactive ketones (excluding diaryl/α,β-unsaturated/α-hetero) is 1. The Morgan fingerprint density at radius 1 is 1.04 bits per heavy atom. The van der Waals surface area contributed by atoms with Gasteiger partial charge in [0.1, 0.15) is 5.76 Å². The van der Waals surface area contributed by atoms with Crippen molar-refractivity contribution in [3.8, 4) is 0 Å². The third-order valence-electron chi connectivity index (χ3n) is 5.68. The topological polar surface area (TPSA) is 35.5 Å². The third-order valence-corrected chi connectivity index (χ3v) is 5.68. The molecule has 3 aliphatic rings. The quantitative estimate of drug-likeness (QED) is 0.794. The van der Waals surface area contributed by atoms with Crippen LogP contribution in [0.1, 0.15) is 36.1 Å². The fraction of sp³-hybridized carbons (Fsp3) is 0.476. The van der Waals surface area contributed by atoms with Crippen molar-refractivity contribution in [1.82, 2.24) is 0 Å². The van der Waals surface area contributed by atoms with Gasteiger partial charge in [0.25, 0.3) is 0 Å². The highest BCUT2D eigenvalue weighted by molar-refractivity contribution is 6.26. The van der Waals surface area contributed by atoms with Gasteiger partial charge in [-0.3, -0.25) is 4.79 Å². The van der Waals surface area contributed by atoms with Gasteiger partial charge in [-0.05, 0) is 36.5 Å². The Bertz CT molecular complexity index is 746. The van der Waals surface area contributed by atoms with Gasteiger partial charge in [-0.2, -0.15) is 0 Å². The molecule has 2 heterocycles. The number of hydrogen-bond donors (Lipinski definition) is 0. The lowest BCUT2D eigenvalue weighted by Crippen LogP contribution is -2.26. The van der Waals surface area contributed by atoms with Crippen LogP contribution in [0, 0.1) is 18.8 Å². The number of aryl methyl sites for hydroxylation is 3. The molecule has 4 rings (SSSR count). The SMILES string of the molecule is CCc1cc(C)cc(CC)c1C1=C(OC)C2C(C1=O)[C@@H]1C=C[C@H]2O1. The molecule has 0 spiro atoms. The standard InChI is InChI=1S/C21H24O3/c1-5-12-9-11(3)10-13(6-2)16(12)19-20(22)17-14-7-8-15(24-14)18(17)21(19)23-4/h7-10,14-15,17-18H,5-6H2,1-4H3/t14-,15+,17?,18?/m0/s1. The Kier molecular flexibility index (Phi) is 3.65. The first-order valence-electron chi connectivity index (χ1n) is 8.89. The van der Waals surface area contributed by atoms with Gasteiger partial charge in [0.2, 0.25) is 0 Å². The summed E-state index contributed by atoms with van der Waals surface area (Å²) in [6.45, 7) is 6.43. The normalized spacial score (nSPS) is 30.4. The number of allylic oxidation sites excluding steroid dienone is 1. The number of benzene rings is 1. The molecule has 126 valence electrons. The molecule has 1 aromatic rings. The molecule has 2 bridgehead atoms. The molecule has 0 amide bonds. The van der Waals surface area contributed by atoms with Crippen molar-refractivity contribution in [2.75, 3.05) is 7.11 Å². The predicted molar refractivity (Wildman–Crippen MR) is 93.7 cm³/mol. The zero-order chi connectivity index (χ0) is 17.0. The Morgan fingerprint density at radius 3 is 2.17 bits per heavy atom. The van der Waals surface area contributed by atoms with Gasteiger partial charge in [-0.15, -0.1) is 0 Å². The van der Waals surface area contributed by atoms with Crippen molar-refractivity contribution in [3.05, 3.63) is 52.3 Å². The molecule has 1 saturated heterocycles. The summed E-state index contributed by atoms with van der Waals surface area (Å²) in [6.07, 6.45) is 5.84. The van der Waals surface area contributed by atoms with E-state index in [1.807, 2.05) is 6.08 Å². The Labute approximate surface area is 143 Å². The van der Waals surface area contributed by atoms with E-state index in [0.29, 0.717) is 0 Å². The molecule has 4 atom stereocenters. The molecule has 0 N–H and O–H groups in total. The van der Waals surface area contributed by atoms with E-state index in [9.17, 15) is 4.79 Å². The first-order chi connectivity index (χ1) is 11.6. The summed E-state index contributed by atoms with van der Waals surface area (Å²) in [6, 6.07) is 4.42. The van der Waals surface area contributed by atoms with Crippen LogP contribution in [0.4, 0.5) is 0 Å². The number of rotatable bonds is 4. The summed E-state index contributed by atoms with van der Waals surface area (Å²) >= 11 is 0. The van der Waals surface area contributed by atoms with Crippen molar-refractivity contribution in [2.24, 2.45) is 11.8 Å². The van der Waals surface area contributed by atoms with Crippen molar-refractivity contribution in [2.45, 2.75) is 45.8 Å². The van der Waals surface area contributed by atoms with Crippen LogP contribution in [0.5, 0.6) is 0 Å². The van der Waals surface area contributed by atoms with E-state index in [0.717, 1.165) is 29.7 Å². The van der Waals surface area contributed by atoms with E-state index >= 15 is 0 Å². The molecule has 2 aliphatic heterocycles. The number of ketones is 1. The Balaban J connectivity index is 1.93. The van der Waals surface area contributed by atoms with E-state index in [4.69, 9.17) is 9.47 Å². The summed E-state index contributed by atoms with van der Waals surface area (Å²) in [5, 5.41) is 0. The molecule has 24 heavy (non-hydrogen) atoms. The minimum Gasteiger partial charge on any atom is -0.500 e. The van der Waals surface area contributed by atoms with Crippen molar-refractivity contribution in [1.29, 1.82) is 0 Å². The number of ether oxygens (including phenoxy) is 2. The third kappa shape index (κ3) is 1.97. The molecule has 1 aliphatic carbocycles. The van der Waals surface area contributed by atoms with Crippen LogP contribution in [-0.4, -0.2) is 25.1 Å². The van der Waals surface area contributed by atoms with Gasteiger partial charge >= 0.3 is 0 Å². The number of methoxy groups -OCH3 is 1. The minimum absolute atomic E-state index is 0.0167. The lowest BCUT2D eigenvalue weighted by atomic mass is 9.83. The van der Waals surface area contributed by atoms with Gasteiger partial charge in [-0.1, -0.05) is 43.7 Å². The van der Waals surface area contributed by atoms with Crippen LogP contribution >= 0.6 is 0 Å². The van der Waals surface area contributed by atoms with E-state index in [2.05, 4.69) is 39.0 Å². The molecule has 0 radical (unpaired) electrons. The molecular weight excluding hydrogens is 300 g/mol. The summed E-state index contributed by atoms with van der Waals surface area (Å²) < 4.78 is 11.7. The van der Waals surface area contributed by atoms with Gasteiger partial charge in [-0.25, -0.2) is 0 Å². The highest BCUT2D eigenvalue weighted by atomic mass is 16.5. The van der Waals surface area contributed by atoms with E-state index in [1.165, 1.54) is 16.7 Å².